The van der Waals surface area contributed by atoms with Gasteiger partial charge >= 0.3 is 5.97 Å². The van der Waals surface area contributed by atoms with Crippen LogP contribution in [0.4, 0.5) is 0 Å². The van der Waals surface area contributed by atoms with E-state index in [0.29, 0.717) is 12.0 Å². The Labute approximate surface area is 117 Å². The van der Waals surface area contributed by atoms with Gasteiger partial charge in [0.2, 0.25) is 0 Å². The molecule has 0 atom stereocenters. The van der Waals surface area contributed by atoms with Crippen LogP contribution >= 0.6 is 0 Å². The van der Waals surface area contributed by atoms with Crippen LogP contribution in [0.1, 0.15) is 37.3 Å². The molecule has 0 aliphatic heterocycles. The first-order valence-electron chi connectivity index (χ1n) is 6.88. The van der Waals surface area contributed by atoms with Crippen LogP contribution < -0.4 is 5.56 Å². The highest BCUT2D eigenvalue weighted by atomic mass is 16.5. The van der Waals surface area contributed by atoms with Crippen molar-refractivity contribution in [3.05, 3.63) is 45.7 Å². The number of H-pyrrole nitrogens is 1. The lowest BCUT2D eigenvalue weighted by molar-refractivity contribution is -0.145. The fraction of sp³-hybridized carbons (Fsp3) is 0.375. The summed E-state index contributed by atoms with van der Waals surface area (Å²) < 4.78 is 5.12. The predicted molar refractivity (Wildman–Crippen MR) is 78.6 cm³/mol. The third-order valence-electron chi connectivity index (χ3n) is 3.20. The van der Waals surface area contributed by atoms with E-state index < -0.39 is 0 Å². The monoisotopic (exact) mass is 273 g/mol. The third-order valence-corrected chi connectivity index (χ3v) is 3.20. The zero-order valence-electron chi connectivity index (χ0n) is 11.9. The SMILES string of the molecule is CCCCC(=O)OCc1cc2ccc(C)cc2[nH]c1=O. The maximum Gasteiger partial charge on any atom is 0.306 e. The molecular weight excluding hydrogens is 254 g/mol. The van der Waals surface area contributed by atoms with E-state index in [1.165, 1.54) is 0 Å². The number of aryl methyl sites for hydroxylation is 1. The van der Waals surface area contributed by atoms with Crippen molar-refractivity contribution in [3.8, 4) is 0 Å². The number of carbonyl (C=O) groups excluding carboxylic acids is 1. The molecule has 1 N–H and O–H groups in total. The first kappa shape index (κ1) is 14.3. The highest BCUT2D eigenvalue weighted by molar-refractivity contribution is 5.79. The number of unbranched alkanes of at least 4 members (excludes halogenated alkanes) is 1. The molecule has 0 aliphatic carbocycles. The van der Waals surface area contributed by atoms with Gasteiger partial charge in [-0.3, -0.25) is 9.59 Å². The highest BCUT2D eigenvalue weighted by Gasteiger charge is 2.07. The summed E-state index contributed by atoms with van der Waals surface area (Å²) in [5, 5.41) is 0.940. The minimum Gasteiger partial charge on any atom is -0.461 e. The molecule has 4 nitrogen and oxygen atoms in total. The van der Waals surface area contributed by atoms with Crippen LogP contribution in [0.15, 0.2) is 29.1 Å². The van der Waals surface area contributed by atoms with Crippen molar-refractivity contribution < 1.29 is 9.53 Å². The number of ether oxygens (including phenoxy) is 1. The molecule has 0 radical (unpaired) electrons. The number of rotatable bonds is 5. The zero-order valence-corrected chi connectivity index (χ0v) is 11.9. The minimum absolute atomic E-state index is 0.0295. The van der Waals surface area contributed by atoms with Gasteiger partial charge in [-0.25, -0.2) is 0 Å². The molecule has 0 saturated heterocycles. The second-order valence-electron chi connectivity index (χ2n) is 4.98. The average molecular weight is 273 g/mol. The van der Waals surface area contributed by atoms with Gasteiger partial charge < -0.3 is 9.72 Å². The van der Waals surface area contributed by atoms with Crippen LogP contribution in [-0.2, 0) is 16.1 Å². The first-order chi connectivity index (χ1) is 9.60. The van der Waals surface area contributed by atoms with Gasteiger partial charge in [-0.2, -0.15) is 0 Å². The van der Waals surface area contributed by atoms with Gasteiger partial charge in [-0.05, 0) is 36.4 Å². The van der Waals surface area contributed by atoms with Gasteiger partial charge in [0.15, 0.2) is 0 Å². The van der Waals surface area contributed by atoms with Crippen molar-refractivity contribution in [3.63, 3.8) is 0 Å². The number of hydrogen-bond donors (Lipinski definition) is 1. The van der Waals surface area contributed by atoms with Crippen molar-refractivity contribution in [2.75, 3.05) is 0 Å². The molecule has 0 spiro atoms. The fourth-order valence-electron chi connectivity index (χ4n) is 2.02. The Hall–Kier alpha value is -2.10. The first-order valence-corrected chi connectivity index (χ1v) is 6.88. The van der Waals surface area contributed by atoms with E-state index in [0.717, 1.165) is 29.3 Å². The molecular formula is C16H19NO3. The molecule has 0 saturated carbocycles. The van der Waals surface area contributed by atoms with Gasteiger partial charge in [-0.15, -0.1) is 0 Å². The molecule has 0 amide bonds. The maximum absolute atomic E-state index is 11.9. The Balaban J connectivity index is 2.14. The Morgan fingerprint density at radius 3 is 2.85 bits per heavy atom. The molecule has 0 aliphatic rings. The normalized spacial score (nSPS) is 10.7. The Kier molecular flexibility index (Phi) is 4.56. The number of aromatic nitrogens is 1. The van der Waals surface area contributed by atoms with Crippen molar-refractivity contribution in [2.24, 2.45) is 0 Å². The number of benzene rings is 1. The van der Waals surface area contributed by atoms with Crippen LogP contribution in [0.25, 0.3) is 10.9 Å². The number of esters is 1. The molecule has 2 aromatic rings. The third kappa shape index (κ3) is 3.47. The highest BCUT2D eigenvalue weighted by Crippen LogP contribution is 2.13. The molecule has 4 heteroatoms. The van der Waals surface area contributed by atoms with Crippen molar-refractivity contribution in [2.45, 2.75) is 39.7 Å². The van der Waals surface area contributed by atoms with Gasteiger partial charge in [0, 0.05) is 11.9 Å². The molecule has 0 bridgehead atoms. The fourth-order valence-corrected chi connectivity index (χ4v) is 2.02. The van der Waals surface area contributed by atoms with E-state index in [4.69, 9.17) is 4.74 Å². The minimum atomic E-state index is -0.254. The second kappa shape index (κ2) is 6.37. The summed E-state index contributed by atoms with van der Waals surface area (Å²) in [6.07, 6.45) is 2.17. The van der Waals surface area contributed by atoms with E-state index >= 15 is 0 Å². The number of pyridine rings is 1. The second-order valence-corrected chi connectivity index (χ2v) is 4.98. The summed E-state index contributed by atoms with van der Waals surface area (Å²) in [6.45, 7) is 4.02. The molecule has 2 rings (SSSR count). The van der Waals surface area contributed by atoms with Crippen LogP contribution in [0.2, 0.25) is 0 Å². The van der Waals surface area contributed by atoms with E-state index in [2.05, 4.69) is 4.98 Å². The summed E-state index contributed by atoms with van der Waals surface area (Å²) in [6, 6.07) is 7.63. The van der Waals surface area contributed by atoms with E-state index in [9.17, 15) is 9.59 Å². The molecule has 0 fully saturated rings. The van der Waals surface area contributed by atoms with Crippen LogP contribution in [0.5, 0.6) is 0 Å². The summed E-state index contributed by atoms with van der Waals surface area (Å²) in [5.74, 6) is -0.254. The number of carbonyl (C=O) groups is 1. The molecule has 106 valence electrons. The molecule has 20 heavy (non-hydrogen) atoms. The average Bonchev–Trinajstić information content (AvgIpc) is 2.42. The maximum atomic E-state index is 11.9. The Morgan fingerprint density at radius 2 is 2.10 bits per heavy atom. The largest absolute Gasteiger partial charge is 0.461 e. The zero-order chi connectivity index (χ0) is 14.5. The van der Waals surface area contributed by atoms with Gasteiger partial charge in [0.25, 0.3) is 5.56 Å². The summed E-state index contributed by atoms with van der Waals surface area (Å²) in [5.41, 5.74) is 2.17. The Bertz CT molecular complexity index is 673. The smallest absolute Gasteiger partial charge is 0.306 e. The number of hydrogen-bond acceptors (Lipinski definition) is 3. The van der Waals surface area contributed by atoms with Crippen molar-refractivity contribution >= 4 is 16.9 Å². The van der Waals surface area contributed by atoms with E-state index in [1.54, 1.807) is 6.07 Å². The molecule has 1 aromatic heterocycles. The van der Waals surface area contributed by atoms with Crippen molar-refractivity contribution in [1.82, 2.24) is 4.98 Å². The van der Waals surface area contributed by atoms with Gasteiger partial charge in [-0.1, -0.05) is 25.5 Å². The summed E-state index contributed by atoms with van der Waals surface area (Å²) >= 11 is 0. The lowest BCUT2D eigenvalue weighted by Crippen LogP contribution is -2.15. The van der Waals surface area contributed by atoms with Crippen LogP contribution in [0, 0.1) is 6.92 Å². The van der Waals surface area contributed by atoms with E-state index in [1.807, 2.05) is 32.0 Å². The number of fused-ring (bicyclic) bond motifs is 1. The predicted octanol–water partition coefficient (Wildman–Crippen LogP) is 3.07. The van der Waals surface area contributed by atoms with Crippen LogP contribution in [0.3, 0.4) is 0 Å². The topological polar surface area (TPSA) is 59.2 Å². The van der Waals surface area contributed by atoms with Crippen LogP contribution in [-0.4, -0.2) is 11.0 Å². The Morgan fingerprint density at radius 1 is 1.30 bits per heavy atom. The molecule has 0 unspecified atom stereocenters. The number of aromatic amines is 1. The van der Waals surface area contributed by atoms with E-state index in [-0.39, 0.29) is 18.1 Å². The van der Waals surface area contributed by atoms with Gasteiger partial charge in [0.1, 0.15) is 6.61 Å². The standard InChI is InChI=1S/C16H19NO3/c1-3-4-5-15(18)20-10-13-9-12-7-6-11(2)8-14(12)17-16(13)19/h6-9H,3-5,10H2,1-2H3,(H,17,19). The lowest BCUT2D eigenvalue weighted by atomic mass is 10.1. The molecule has 1 aromatic carbocycles. The summed E-state index contributed by atoms with van der Waals surface area (Å²) in [4.78, 5) is 26.2. The summed E-state index contributed by atoms with van der Waals surface area (Å²) in [7, 11) is 0. The van der Waals surface area contributed by atoms with Gasteiger partial charge in [0.05, 0.1) is 5.56 Å². The quantitative estimate of drug-likeness (QED) is 0.852. The molecule has 1 heterocycles. The van der Waals surface area contributed by atoms with Crippen molar-refractivity contribution in [1.29, 1.82) is 0 Å². The lowest BCUT2D eigenvalue weighted by Gasteiger charge is -2.06. The number of nitrogens with one attached hydrogen (secondary N) is 1.